The molecule has 2 rings (SSSR count). The van der Waals surface area contributed by atoms with Gasteiger partial charge in [0.25, 0.3) is 17.7 Å². The summed E-state index contributed by atoms with van der Waals surface area (Å²) >= 11 is 0. The lowest BCUT2D eigenvalue weighted by atomic mass is 10.1. The normalized spacial score (nSPS) is 10.3. The Morgan fingerprint density at radius 3 is 2.17 bits per heavy atom. The van der Waals surface area contributed by atoms with Gasteiger partial charge in [0.05, 0.1) is 19.8 Å². The molecule has 0 aromatic heterocycles. The molecule has 154 valence electrons. The fraction of sp³-hybridized carbons (Fsp3) is 0.250. The largest absolute Gasteiger partial charge is 0.394 e. The van der Waals surface area contributed by atoms with Gasteiger partial charge in [0, 0.05) is 29.8 Å². The average Bonchev–Trinajstić information content (AvgIpc) is 2.77. The molecule has 2 aromatic carbocycles. The number of nitrogens with two attached hydrogens (primary N) is 1. The average molecular weight is 400 g/mol. The molecule has 0 aliphatic carbocycles. The Bertz CT molecular complexity index is 839. The third-order valence-electron chi connectivity index (χ3n) is 3.95. The molecule has 9 nitrogen and oxygen atoms in total. The van der Waals surface area contributed by atoms with E-state index in [1.54, 1.807) is 42.5 Å². The van der Waals surface area contributed by atoms with Crippen LogP contribution in [0.4, 0.5) is 0 Å². The molecule has 0 fully saturated rings. The first-order valence-electron chi connectivity index (χ1n) is 9.00. The van der Waals surface area contributed by atoms with Gasteiger partial charge in [-0.3, -0.25) is 19.8 Å². The van der Waals surface area contributed by atoms with Crippen LogP contribution < -0.4 is 21.9 Å². The quantitative estimate of drug-likeness (QED) is 0.164. The number of benzene rings is 2. The number of aliphatic hydroxyl groups is 1. The van der Waals surface area contributed by atoms with Crippen LogP contribution >= 0.6 is 0 Å². The fourth-order valence-electron chi connectivity index (χ4n) is 2.45. The summed E-state index contributed by atoms with van der Waals surface area (Å²) in [6.07, 6.45) is 0. The first-order valence-corrected chi connectivity index (χ1v) is 9.00. The molecular formula is C20H24N4O5. The highest BCUT2D eigenvalue weighted by Crippen LogP contribution is 2.07. The van der Waals surface area contributed by atoms with Crippen LogP contribution in [0.15, 0.2) is 48.5 Å². The van der Waals surface area contributed by atoms with Gasteiger partial charge in [-0.15, -0.1) is 0 Å². The van der Waals surface area contributed by atoms with Crippen molar-refractivity contribution in [3.05, 3.63) is 70.8 Å². The lowest BCUT2D eigenvalue weighted by Crippen LogP contribution is -2.30. The Hall–Kier alpha value is -3.27. The summed E-state index contributed by atoms with van der Waals surface area (Å²) in [5.41, 5.74) is 3.95. The van der Waals surface area contributed by atoms with Crippen molar-refractivity contribution in [2.24, 2.45) is 5.84 Å². The van der Waals surface area contributed by atoms with E-state index >= 15 is 0 Å². The maximum absolute atomic E-state index is 12.3. The third kappa shape index (κ3) is 7.00. The second-order valence-corrected chi connectivity index (χ2v) is 6.03. The molecule has 0 atom stereocenters. The summed E-state index contributed by atoms with van der Waals surface area (Å²) in [6.45, 7) is 1.12. The highest BCUT2D eigenvalue weighted by atomic mass is 16.5. The first kappa shape index (κ1) is 22.0. The molecule has 0 spiro atoms. The molecule has 0 unspecified atom stereocenters. The number of hydrogen-bond acceptors (Lipinski definition) is 6. The molecular weight excluding hydrogens is 376 g/mol. The Kier molecular flexibility index (Phi) is 8.77. The zero-order chi connectivity index (χ0) is 21.1. The molecule has 9 heteroatoms. The van der Waals surface area contributed by atoms with Crippen molar-refractivity contribution >= 4 is 17.7 Å². The van der Waals surface area contributed by atoms with E-state index in [4.69, 9.17) is 15.7 Å². The van der Waals surface area contributed by atoms with Crippen LogP contribution in [-0.2, 0) is 11.3 Å². The van der Waals surface area contributed by atoms with Gasteiger partial charge in [-0.25, -0.2) is 5.84 Å². The second kappa shape index (κ2) is 11.5. The van der Waals surface area contributed by atoms with Gasteiger partial charge < -0.3 is 20.5 Å². The number of hydrazine groups is 1. The monoisotopic (exact) mass is 400 g/mol. The predicted molar refractivity (Wildman–Crippen MR) is 106 cm³/mol. The van der Waals surface area contributed by atoms with Crippen molar-refractivity contribution in [3.63, 3.8) is 0 Å². The summed E-state index contributed by atoms with van der Waals surface area (Å²) < 4.78 is 5.07. The molecule has 0 bridgehead atoms. The number of nitrogens with one attached hydrogen (secondary N) is 3. The van der Waals surface area contributed by atoms with Crippen LogP contribution in [0.2, 0.25) is 0 Å². The molecule has 0 radical (unpaired) electrons. The number of rotatable bonds is 10. The highest BCUT2D eigenvalue weighted by Gasteiger charge is 2.10. The molecule has 6 N–H and O–H groups in total. The lowest BCUT2D eigenvalue weighted by Gasteiger charge is -2.08. The topological polar surface area (TPSA) is 143 Å². The number of hydrogen-bond donors (Lipinski definition) is 5. The number of carbonyl (C=O) groups is 3. The minimum absolute atomic E-state index is 0.0551. The summed E-state index contributed by atoms with van der Waals surface area (Å²) in [7, 11) is 0. The molecule has 0 saturated heterocycles. The zero-order valence-corrected chi connectivity index (χ0v) is 15.8. The minimum Gasteiger partial charge on any atom is -0.394 e. The van der Waals surface area contributed by atoms with Crippen molar-refractivity contribution in [3.8, 4) is 0 Å². The van der Waals surface area contributed by atoms with E-state index in [2.05, 4.69) is 10.6 Å². The van der Waals surface area contributed by atoms with Crippen LogP contribution in [0.1, 0.15) is 36.6 Å². The maximum Gasteiger partial charge on any atom is 0.265 e. The van der Waals surface area contributed by atoms with Crippen LogP contribution in [0.3, 0.4) is 0 Å². The van der Waals surface area contributed by atoms with Crippen LogP contribution in [0.5, 0.6) is 0 Å². The number of aliphatic hydroxyl groups excluding tert-OH is 1. The van der Waals surface area contributed by atoms with Crippen LogP contribution in [-0.4, -0.2) is 49.2 Å². The lowest BCUT2D eigenvalue weighted by molar-refractivity contribution is 0.0837. The number of amides is 3. The molecule has 0 heterocycles. The van der Waals surface area contributed by atoms with E-state index in [-0.39, 0.29) is 37.1 Å². The van der Waals surface area contributed by atoms with Crippen molar-refractivity contribution in [1.82, 2.24) is 16.1 Å². The summed E-state index contributed by atoms with van der Waals surface area (Å²) in [5.74, 6) is 4.06. The van der Waals surface area contributed by atoms with E-state index in [1.165, 1.54) is 6.07 Å². The van der Waals surface area contributed by atoms with Crippen molar-refractivity contribution < 1.29 is 24.2 Å². The van der Waals surface area contributed by atoms with Gasteiger partial charge in [-0.1, -0.05) is 18.2 Å². The van der Waals surface area contributed by atoms with Gasteiger partial charge in [-0.05, 0) is 35.9 Å². The van der Waals surface area contributed by atoms with Gasteiger partial charge in [0.15, 0.2) is 0 Å². The van der Waals surface area contributed by atoms with Crippen LogP contribution in [0, 0.1) is 0 Å². The molecule has 29 heavy (non-hydrogen) atoms. The SMILES string of the molecule is NNC(=O)c1cccc(C(=O)NCc2ccc(C(=O)NCCOCCO)cc2)c1. The number of carbonyl (C=O) groups excluding carboxylic acids is 3. The maximum atomic E-state index is 12.3. The number of nitrogen functional groups attached to an aromatic ring is 1. The van der Waals surface area contributed by atoms with Gasteiger partial charge in [0.2, 0.25) is 0 Å². The fourth-order valence-corrected chi connectivity index (χ4v) is 2.45. The van der Waals surface area contributed by atoms with E-state index in [0.29, 0.717) is 24.3 Å². The van der Waals surface area contributed by atoms with Crippen molar-refractivity contribution in [2.75, 3.05) is 26.4 Å². The van der Waals surface area contributed by atoms with E-state index in [1.807, 2.05) is 5.43 Å². The Morgan fingerprint density at radius 1 is 0.862 bits per heavy atom. The Morgan fingerprint density at radius 2 is 1.52 bits per heavy atom. The predicted octanol–water partition coefficient (Wildman–Crippen LogP) is -0.0412. The van der Waals surface area contributed by atoms with Gasteiger partial charge >= 0.3 is 0 Å². The first-order chi connectivity index (χ1) is 14.0. The van der Waals surface area contributed by atoms with E-state index in [0.717, 1.165) is 5.56 Å². The third-order valence-corrected chi connectivity index (χ3v) is 3.95. The minimum atomic E-state index is -0.478. The summed E-state index contributed by atoms with van der Waals surface area (Å²) in [4.78, 5) is 35.9. The van der Waals surface area contributed by atoms with Crippen molar-refractivity contribution in [1.29, 1.82) is 0 Å². The molecule has 0 aliphatic rings. The Balaban J connectivity index is 1.84. The Labute approximate surface area is 168 Å². The van der Waals surface area contributed by atoms with Crippen molar-refractivity contribution in [2.45, 2.75) is 6.54 Å². The van der Waals surface area contributed by atoms with Gasteiger partial charge in [-0.2, -0.15) is 0 Å². The molecule has 3 amide bonds. The van der Waals surface area contributed by atoms with E-state index in [9.17, 15) is 14.4 Å². The zero-order valence-electron chi connectivity index (χ0n) is 15.8. The molecule has 2 aromatic rings. The molecule has 0 aliphatic heterocycles. The standard InChI is InChI=1S/C20H24N4O5/c21-24-20(28)17-3-1-2-16(12-17)19(27)23-13-14-4-6-15(7-5-14)18(26)22-8-10-29-11-9-25/h1-7,12,25H,8-11,13,21H2,(H,22,26)(H,23,27)(H,24,28). The summed E-state index contributed by atoms with van der Waals surface area (Å²) in [5, 5.41) is 14.1. The molecule has 0 saturated carbocycles. The smallest absolute Gasteiger partial charge is 0.265 e. The van der Waals surface area contributed by atoms with Gasteiger partial charge in [0.1, 0.15) is 0 Å². The number of ether oxygens (including phenoxy) is 1. The summed E-state index contributed by atoms with van der Waals surface area (Å²) in [6, 6.07) is 13.0. The highest BCUT2D eigenvalue weighted by molar-refractivity contribution is 5.99. The van der Waals surface area contributed by atoms with E-state index < -0.39 is 5.91 Å². The van der Waals surface area contributed by atoms with Crippen LogP contribution in [0.25, 0.3) is 0 Å². The second-order valence-electron chi connectivity index (χ2n) is 6.03.